The molecule has 2 aromatic heterocycles. The van der Waals surface area contributed by atoms with Gasteiger partial charge in [-0.25, -0.2) is 15.0 Å². The Hall–Kier alpha value is -5.71. The van der Waals surface area contributed by atoms with Crippen molar-refractivity contribution in [3.05, 3.63) is 152 Å². The number of fused-ring (bicyclic) bond motifs is 6. The van der Waals surface area contributed by atoms with Crippen molar-refractivity contribution >= 4 is 53.1 Å². The van der Waals surface area contributed by atoms with Crippen LogP contribution < -0.4 is 0 Å². The molecular formula is C41H25N3S. The second-order valence-corrected chi connectivity index (χ2v) is 11.9. The number of rotatable bonds is 4. The zero-order valence-electron chi connectivity index (χ0n) is 28.8. The van der Waals surface area contributed by atoms with Gasteiger partial charge in [-0.2, -0.15) is 0 Å². The zero-order valence-corrected chi connectivity index (χ0v) is 24.6. The molecule has 0 bridgehead atoms. The standard InChI is InChI=1S/C41H25N3S/c1-3-12-26(13-4-1)31-20-11-21-35-34-23-22-29(25-37(34)45-38(31)35)40-42-39(27-14-5-2-6-15-27)43-41(44-40)36-24-28-16-7-8-17-30(28)32-18-9-10-19-33(32)36/h1-25H/i1D,3D,4D,12D,13D. The van der Waals surface area contributed by atoms with E-state index in [-0.39, 0.29) is 29.7 Å². The predicted molar refractivity (Wildman–Crippen MR) is 189 cm³/mol. The van der Waals surface area contributed by atoms with E-state index in [0.29, 0.717) is 23.0 Å². The van der Waals surface area contributed by atoms with Crippen LogP contribution in [0.4, 0.5) is 0 Å². The average Bonchev–Trinajstić information content (AvgIpc) is 3.55. The van der Waals surface area contributed by atoms with Crippen LogP contribution in [0.2, 0.25) is 0 Å². The minimum absolute atomic E-state index is 0.200. The highest BCUT2D eigenvalue weighted by molar-refractivity contribution is 7.26. The molecular weight excluding hydrogens is 567 g/mol. The largest absolute Gasteiger partial charge is 0.208 e. The van der Waals surface area contributed by atoms with E-state index in [1.165, 1.54) is 16.7 Å². The smallest absolute Gasteiger partial charge is 0.164 e. The molecule has 9 aromatic rings. The lowest BCUT2D eigenvalue weighted by Crippen LogP contribution is -2.00. The second kappa shape index (κ2) is 10.5. The van der Waals surface area contributed by atoms with Crippen molar-refractivity contribution in [2.45, 2.75) is 0 Å². The minimum atomic E-state index is -0.403. The molecule has 0 unspecified atom stereocenters. The summed E-state index contributed by atoms with van der Waals surface area (Å²) >= 11 is 1.52. The molecule has 0 saturated carbocycles. The average molecular weight is 597 g/mol. The lowest BCUT2D eigenvalue weighted by molar-refractivity contribution is 1.08. The fraction of sp³-hybridized carbons (Fsp3) is 0. The van der Waals surface area contributed by atoms with Crippen LogP contribution in [0.25, 0.3) is 87.0 Å². The molecule has 0 radical (unpaired) electrons. The first-order chi connectivity index (χ1) is 24.4. The van der Waals surface area contributed by atoms with Crippen molar-refractivity contribution in [1.82, 2.24) is 15.0 Å². The van der Waals surface area contributed by atoms with Crippen LogP contribution in [0, 0.1) is 0 Å². The Morgan fingerprint density at radius 1 is 0.444 bits per heavy atom. The van der Waals surface area contributed by atoms with Crippen LogP contribution in [-0.4, -0.2) is 15.0 Å². The molecule has 0 spiro atoms. The molecule has 3 nitrogen and oxygen atoms in total. The highest BCUT2D eigenvalue weighted by Crippen LogP contribution is 2.41. The monoisotopic (exact) mass is 596 g/mol. The van der Waals surface area contributed by atoms with Crippen molar-refractivity contribution < 1.29 is 6.85 Å². The van der Waals surface area contributed by atoms with Crippen molar-refractivity contribution in [3.63, 3.8) is 0 Å². The maximum atomic E-state index is 8.62. The molecule has 0 aliphatic carbocycles. The van der Waals surface area contributed by atoms with E-state index >= 15 is 0 Å². The molecule has 0 aliphatic heterocycles. The number of nitrogens with zero attached hydrogens (tertiary/aromatic N) is 3. The van der Waals surface area contributed by atoms with E-state index in [2.05, 4.69) is 48.5 Å². The van der Waals surface area contributed by atoms with Gasteiger partial charge in [-0.15, -0.1) is 11.3 Å². The predicted octanol–water partition coefficient (Wildman–Crippen LogP) is 11.2. The van der Waals surface area contributed by atoms with Crippen molar-refractivity contribution in [1.29, 1.82) is 0 Å². The third kappa shape index (κ3) is 4.38. The Morgan fingerprint density at radius 3 is 1.98 bits per heavy atom. The lowest BCUT2D eigenvalue weighted by Gasteiger charge is -2.12. The summed E-state index contributed by atoms with van der Waals surface area (Å²) in [5.74, 6) is 1.69. The number of hydrogen-bond donors (Lipinski definition) is 0. The van der Waals surface area contributed by atoms with Gasteiger partial charge in [0.2, 0.25) is 0 Å². The maximum absolute atomic E-state index is 8.62. The lowest BCUT2D eigenvalue weighted by atomic mass is 9.97. The summed E-state index contributed by atoms with van der Waals surface area (Å²) in [6.45, 7) is 0. The van der Waals surface area contributed by atoms with Gasteiger partial charge < -0.3 is 0 Å². The Kier molecular flexibility index (Phi) is 4.90. The third-order valence-corrected chi connectivity index (χ3v) is 9.40. The van der Waals surface area contributed by atoms with E-state index < -0.39 is 6.04 Å². The van der Waals surface area contributed by atoms with Crippen LogP contribution >= 0.6 is 11.3 Å². The van der Waals surface area contributed by atoms with Crippen LogP contribution in [0.15, 0.2) is 152 Å². The fourth-order valence-electron chi connectivity index (χ4n) is 6.10. The zero-order chi connectivity index (χ0) is 34.1. The highest BCUT2D eigenvalue weighted by Gasteiger charge is 2.17. The summed E-state index contributed by atoms with van der Waals surface area (Å²) in [6.07, 6.45) is 0. The molecule has 210 valence electrons. The van der Waals surface area contributed by atoms with Crippen molar-refractivity contribution in [2.24, 2.45) is 0 Å². The summed E-state index contributed by atoms with van der Waals surface area (Å²) in [5, 5.41) is 6.41. The summed E-state index contributed by atoms with van der Waals surface area (Å²) in [6, 6.07) is 39.0. The van der Waals surface area contributed by atoms with Crippen LogP contribution in [0.1, 0.15) is 6.85 Å². The molecule has 0 aliphatic rings. The molecule has 0 N–H and O–H groups in total. The van der Waals surface area contributed by atoms with E-state index in [1.807, 2.05) is 72.8 Å². The van der Waals surface area contributed by atoms with Gasteiger partial charge in [0.25, 0.3) is 0 Å². The normalized spacial score (nSPS) is 13.1. The van der Waals surface area contributed by atoms with E-state index in [0.717, 1.165) is 53.0 Å². The summed E-state index contributed by atoms with van der Waals surface area (Å²) in [5.41, 5.74) is 3.43. The van der Waals surface area contributed by atoms with Crippen molar-refractivity contribution in [2.75, 3.05) is 0 Å². The van der Waals surface area contributed by atoms with Gasteiger partial charge in [-0.1, -0.05) is 139 Å². The molecule has 2 heterocycles. The van der Waals surface area contributed by atoms with Gasteiger partial charge in [0.1, 0.15) is 0 Å². The molecule has 7 aromatic carbocycles. The van der Waals surface area contributed by atoms with Gasteiger partial charge in [0, 0.05) is 36.9 Å². The quantitative estimate of drug-likeness (QED) is 0.190. The third-order valence-electron chi connectivity index (χ3n) is 8.20. The molecule has 0 atom stereocenters. The Bertz CT molecular complexity index is 2810. The first kappa shape index (κ1) is 21.1. The second-order valence-electron chi connectivity index (χ2n) is 10.9. The van der Waals surface area contributed by atoms with Gasteiger partial charge >= 0.3 is 0 Å². The molecule has 0 saturated heterocycles. The van der Waals surface area contributed by atoms with Gasteiger partial charge in [-0.3, -0.25) is 0 Å². The summed E-state index contributed by atoms with van der Waals surface area (Å²) in [7, 11) is 0. The number of hydrogen-bond acceptors (Lipinski definition) is 4. The van der Waals surface area contributed by atoms with Crippen LogP contribution in [-0.2, 0) is 0 Å². The molecule has 45 heavy (non-hydrogen) atoms. The molecule has 0 fully saturated rings. The van der Waals surface area contributed by atoms with E-state index in [4.69, 9.17) is 21.8 Å². The SMILES string of the molecule is [2H]c1c([2H])c([2H])c(-c2cccc3c2sc2cc(-c4nc(-c5ccccc5)nc(-c5cc6ccccc6c6ccccc56)n4)ccc23)c([2H])c1[2H]. The number of aromatic nitrogens is 3. The molecule has 9 rings (SSSR count). The van der Waals surface area contributed by atoms with Crippen LogP contribution in [0.3, 0.4) is 0 Å². The Labute approximate surface area is 271 Å². The van der Waals surface area contributed by atoms with Gasteiger partial charge in [0.15, 0.2) is 17.5 Å². The van der Waals surface area contributed by atoms with E-state index in [9.17, 15) is 0 Å². The highest BCUT2D eigenvalue weighted by atomic mass is 32.1. The summed E-state index contributed by atoms with van der Waals surface area (Å²) < 4.78 is 43.6. The Morgan fingerprint density at radius 2 is 1.13 bits per heavy atom. The molecule has 4 heteroatoms. The number of benzene rings is 7. The topological polar surface area (TPSA) is 38.7 Å². The molecule has 0 amide bonds. The van der Waals surface area contributed by atoms with Crippen LogP contribution in [0.5, 0.6) is 0 Å². The summed E-state index contributed by atoms with van der Waals surface area (Å²) in [4.78, 5) is 15.1. The first-order valence-corrected chi connectivity index (χ1v) is 15.4. The number of thiophene rings is 1. The van der Waals surface area contributed by atoms with E-state index in [1.54, 1.807) is 0 Å². The minimum Gasteiger partial charge on any atom is -0.208 e. The fourth-order valence-corrected chi connectivity index (χ4v) is 7.36. The van der Waals surface area contributed by atoms with Crippen molar-refractivity contribution in [3.8, 4) is 45.3 Å². The van der Waals surface area contributed by atoms with Gasteiger partial charge in [0.05, 0.1) is 6.85 Å². The Balaban J connectivity index is 1.26. The maximum Gasteiger partial charge on any atom is 0.164 e. The van der Waals surface area contributed by atoms with Gasteiger partial charge in [-0.05, 0) is 44.8 Å². The first-order valence-electron chi connectivity index (χ1n) is 17.1.